The molecule has 178 valence electrons. The minimum atomic E-state index is 0.696. The fourth-order valence-electron chi connectivity index (χ4n) is 3.75. The van der Waals surface area contributed by atoms with Gasteiger partial charge in [-0.15, -0.1) is 0 Å². The predicted octanol–water partition coefficient (Wildman–Crippen LogP) is 5.08. The third-order valence-corrected chi connectivity index (χ3v) is 5.68. The summed E-state index contributed by atoms with van der Waals surface area (Å²) in [5, 5.41) is 9.25. The first-order chi connectivity index (χ1) is 15.7. The lowest BCUT2D eigenvalue weighted by atomic mass is 10.2. The van der Waals surface area contributed by atoms with E-state index in [-0.39, 0.29) is 0 Å². The Bertz CT molecular complexity index is 732. The van der Waals surface area contributed by atoms with Crippen molar-refractivity contribution in [3.8, 4) is 0 Å². The van der Waals surface area contributed by atoms with E-state index in [0.29, 0.717) is 13.1 Å². The van der Waals surface area contributed by atoms with Gasteiger partial charge in [-0.2, -0.15) is 0 Å². The van der Waals surface area contributed by atoms with Gasteiger partial charge in [-0.1, -0.05) is 44.6 Å². The molecule has 4 N–H and O–H groups in total. The molecular weight excluding hydrogens is 398 g/mol. The summed E-state index contributed by atoms with van der Waals surface area (Å²) in [5.41, 5.74) is 13.5. The van der Waals surface area contributed by atoms with E-state index in [1.54, 1.807) is 0 Å². The SMILES string of the molecule is CCCCCn1cc[n+](CCCCC)c1N=Nc1ccc(N(CCCN)CCCN)cc1. The molecule has 1 aromatic carbocycles. The van der Waals surface area contributed by atoms with Crippen LogP contribution in [0.5, 0.6) is 0 Å². The second-order valence-electron chi connectivity index (χ2n) is 8.39. The Labute approximate surface area is 194 Å². The highest BCUT2D eigenvalue weighted by Crippen LogP contribution is 2.22. The summed E-state index contributed by atoms with van der Waals surface area (Å²) in [6.45, 7) is 9.72. The van der Waals surface area contributed by atoms with Crippen LogP contribution in [0.1, 0.15) is 65.2 Å². The van der Waals surface area contributed by atoms with E-state index in [2.05, 4.69) is 62.6 Å². The summed E-state index contributed by atoms with van der Waals surface area (Å²) >= 11 is 0. The largest absolute Gasteiger partial charge is 0.421 e. The smallest absolute Gasteiger partial charge is 0.371 e. The van der Waals surface area contributed by atoms with Gasteiger partial charge in [0.2, 0.25) is 0 Å². The van der Waals surface area contributed by atoms with Gasteiger partial charge < -0.3 is 16.4 Å². The molecule has 0 aliphatic rings. The van der Waals surface area contributed by atoms with E-state index in [9.17, 15) is 0 Å². The average Bonchev–Trinajstić information content (AvgIpc) is 3.20. The number of imidazole rings is 1. The summed E-state index contributed by atoms with van der Waals surface area (Å²) < 4.78 is 4.47. The zero-order chi connectivity index (χ0) is 23.0. The van der Waals surface area contributed by atoms with E-state index in [4.69, 9.17) is 11.5 Å². The Morgan fingerprint density at radius 1 is 0.844 bits per heavy atom. The molecule has 2 rings (SSSR count). The van der Waals surface area contributed by atoms with Crippen LogP contribution in [0.2, 0.25) is 0 Å². The van der Waals surface area contributed by atoms with E-state index in [1.165, 1.54) is 44.2 Å². The van der Waals surface area contributed by atoms with Crippen molar-refractivity contribution in [1.29, 1.82) is 0 Å². The molecule has 0 amide bonds. The van der Waals surface area contributed by atoms with Crippen molar-refractivity contribution >= 4 is 17.3 Å². The maximum Gasteiger partial charge on any atom is 0.421 e. The van der Waals surface area contributed by atoms with Crippen molar-refractivity contribution in [2.24, 2.45) is 21.7 Å². The van der Waals surface area contributed by atoms with E-state index in [1.807, 2.05) is 12.1 Å². The summed E-state index contributed by atoms with van der Waals surface area (Å²) in [5.74, 6) is 0.939. The van der Waals surface area contributed by atoms with Gasteiger partial charge in [0, 0.05) is 23.9 Å². The van der Waals surface area contributed by atoms with Gasteiger partial charge in [0.25, 0.3) is 0 Å². The first kappa shape index (κ1) is 26.0. The molecule has 0 fully saturated rings. The Hall–Kier alpha value is -2.25. The molecule has 0 aliphatic carbocycles. The standard InChI is InChI=1S/C25H44N7/c1-3-5-7-17-31-21-22-32(18-8-6-4-2)25(31)29-28-23-11-13-24(14-12-23)30(19-9-15-26)20-10-16-27/h11-14,21-22H,3-10,15-20,26-27H2,1-2H3/q+1. The number of azo groups is 1. The Balaban J connectivity index is 2.13. The van der Waals surface area contributed by atoms with Gasteiger partial charge in [0.05, 0.1) is 25.5 Å². The summed E-state index contributed by atoms with van der Waals surface area (Å²) in [4.78, 5) is 2.35. The number of hydrogen-bond donors (Lipinski definition) is 2. The fraction of sp³-hybridized carbons (Fsp3) is 0.640. The molecule has 0 atom stereocenters. The molecule has 0 saturated carbocycles. The van der Waals surface area contributed by atoms with Crippen LogP contribution in [0.25, 0.3) is 0 Å². The van der Waals surface area contributed by atoms with Gasteiger partial charge >= 0.3 is 5.95 Å². The quantitative estimate of drug-likeness (QED) is 0.203. The molecule has 7 heteroatoms. The maximum absolute atomic E-state index is 5.71. The maximum atomic E-state index is 5.71. The van der Waals surface area contributed by atoms with Gasteiger partial charge in [-0.3, -0.25) is 0 Å². The molecule has 2 aromatic rings. The monoisotopic (exact) mass is 442 g/mol. The van der Waals surface area contributed by atoms with Gasteiger partial charge in [0.15, 0.2) is 0 Å². The number of rotatable bonds is 17. The zero-order valence-corrected chi connectivity index (χ0v) is 20.3. The zero-order valence-electron chi connectivity index (χ0n) is 20.3. The molecule has 1 heterocycles. The molecule has 0 aliphatic heterocycles. The molecule has 32 heavy (non-hydrogen) atoms. The molecule has 0 bridgehead atoms. The Morgan fingerprint density at radius 2 is 1.50 bits per heavy atom. The van der Waals surface area contributed by atoms with Crippen molar-refractivity contribution in [3.63, 3.8) is 0 Å². The second-order valence-corrected chi connectivity index (χ2v) is 8.39. The molecule has 0 radical (unpaired) electrons. The fourth-order valence-corrected chi connectivity index (χ4v) is 3.75. The number of nitrogens with two attached hydrogens (primary N) is 2. The highest BCUT2D eigenvalue weighted by molar-refractivity contribution is 5.52. The van der Waals surface area contributed by atoms with Crippen molar-refractivity contribution in [2.45, 2.75) is 78.3 Å². The van der Waals surface area contributed by atoms with E-state index >= 15 is 0 Å². The summed E-state index contributed by atoms with van der Waals surface area (Å²) in [7, 11) is 0. The lowest BCUT2D eigenvalue weighted by Gasteiger charge is -2.24. The minimum Gasteiger partial charge on any atom is -0.371 e. The molecule has 1 aromatic heterocycles. The van der Waals surface area contributed by atoms with Crippen LogP contribution >= 0.6 is 0 Å². The van der Waals surface area contributed by atoms with Crippen LogP contribution in [0.15, 0.2) is 46.9 Å². The number of aryl methyl sites for hydroxylation is 2. The van der Waals surface area contributed by atoms with Crippen molar-refractivity contribution < 1.29 is 4.57 Å². The van der Waals surface area contributed by atoms with Crippen molar-refractivity contribution in [2.75, 3.05) is 31.1 Å². The molecule has 0 unspecified atom stereocenters. The Morgan fingerprint density at radius 3 is 2.12 bits per heavy atom. The number of hydrogen-bond acceptors (Lipinski definition) is 5. The predicted molar refractivity (Wildman–Crippen MR) is 134 cm³/mol. The average molecular weight is 443 g/mol. The first-order valence-corrected chi connectivity index (χ1v) is 12.5. The molecular formula is C25H44N7+. The van der Waals surface area contributed by atoms with Crippen LogP contribution in [-0.2, 0) is 13.1 Å². The van der Waals surface area contributed by atoms with Crippen LogP contribution in [0.4, 0.5) is 17.3 Å². The third-order valence-electron chi connectivity index (χ3n) is 5.68. The van der Waals surface area contributed by atoms with Crippen LogP contribution in [0, 0.1) is 0 Å². The lowest BCUT2D eigenvalue weighted by Crippen LogP contribution is -2.32. The third kappa shape index (κ3) is 8.71. The normalized spacial score (nSPS) is 11.5. The van der Waals surface area contributed by atoms with Gasteiger partial charge in [0.1, 0.15) is 5.69 Å². The number of benzene rings is 1. The minimum absolute atomic E-state index is 0.696. The van der Waals surface area contributed by atoms with Crippen LogP contribution in [0.3, 0.4) is 0 Å². The number of aromatic nitrogens is 2. The summed E-state index contributed by atoms with van der Waals surface area (Å²) in [6.07, 6.45) is 13.5. The van der Waals surface area contributed by atoms with Gasteiger partial charge in [-0.25, -0.2) is 9.13 Å². The van der Waals surface area contributed by atoms with Gasteiger partial charge in [-0.05, 0) is 63.0 Å². The van der Waals surface area contributed by atoms with Crippen LogP contribution in [-0.4, -0.2) is 30.7 Å². The molecule has 0 saturated heterocycles. The van der Waals surface area contributed by atoms with Crippen molar-refractivity contribution in [1.82, 2.24) is 4.57 Å². The van der Waals surface area contributed by atoms with E-state index < -0.39 is 0 Å². The van der Waals surface area contributed by atoms with E-state index in [0.717, 1.165) is 50.7 Å². The number of unbranched alkanes of at least 4 members (excludes halogenated alkanes) is 4. The summed E-state index contributed by atoms with van der Waals surface area (Å²) in [6, 6.07) is 8.33. The topological polar surface area (TPSA) is 88.8 Å². The molecule has 7 nitrogen and oxygen atoms in total. The highest BCUT2D eigenvalue weighted by Gasteiger charge is 2.17. The Kier molecular flexibility index (Phi) is 12.6. The highest BCUT2D eigenvalue weighted by atomic mass is 15.3. The first-order valence-electron chi connectivity index (χ1n) is 12.5. The van der Waals surface area contributed by atoms with Crippen molar-refractivity contribution in [3.05, 3.63) is 36.7 Å². The lowest BCUT2D eigenvalue weighted by molar-refractivity contribution is -0.684. The van der Waals surface area contributed by atoms with Crippen LogP contribution < -0.4 is 20.9 Å². The number of anilines is 1. The molecule has 0 spiro atoms. The second kappa shape index (κ2) is 15.5. The number of nitrogens with zero attached hydrogens (tertiary/aromatic N) is 5.